The number of benzene rings is 2. The first kappa shape index (κ1) is 26.2. The quantitative estimate of drug-likeness (QED) is 0.326. The zero-order valence-electron chi connectivity index (χ0n) is 23.2. The number of hydrogen-bond acceptors (Lipinski definition) is 2. The summed E-state index contributed by atoms with van der Waals surface area (Å²) in [6.45, 7) is 4.43. The van der Waals surface area contributed by atoms with Gasteiger partial charge in [0.25, 0.3) is 0 Å². The molecule has 2 atom stereocenters. The standard InChI is InChI=1S/C37H42O2/c1-25(28-8-2-3-9-28)29-18-16-26(17-19-29)20-27-21-35(36(38)22-27)33-14-6-12-31(23-33)32-13-7-15-34(24-32)37(39)30-10-4-5-11-30/h2-3,6-8,12-15,23-24,26-27,29-30,35H,1,4-5,9-11,16-22H2. The molecule has 2 aromatic rings. The minimum absolute atomic E-state index is 0.0103. The summed E-state index contributed by atoms with van der Waals surface area (Å²) in [5, 5.41) is 0. The summed E-state index contributed by atoms with van der Waals surface area (Å²) < 4.78 is 0. The molecule has 39 heavy (non-hydrogen) atoms. The smallest absolute Gasteiger partial charge is 0.165 e. The second kappa shape index (κ2) is 11.6. The molecule has 3 saturated carbocycles. The normalized spacial score (nSPS) is 27.2. The average Bonchev–Trinajstić information content (AvgIpc) is 3.76. The fraction of sp³-hybridized carbons (Fsp3) is 0.459. The van der Waals surface area contributed by atoms with E-state index in [1.54, 1.807) is 0 Å². The molecule has 0 saturated heterocycles. The van der Waals surface area contributed by atoms with E-state index in [2.05, 4.69) is 61.2 Å². The Kier molecular flexibility index (Phi) is 7.82. The third kappa shape index (κ3) is 5.81. The lowest BCUT2D eigenvalue weighted by atomic mass is 9.74. The van der Waals surface area contributed by atoms with Gasteiger partial charge in [-0.15, -0.1) is 0 Å². The van der Waals surface area contributed by atoms with E-state index in [4.69, 9.17) is 0 Å². The first-order chi connectivity index (χ1) is 19.0. The van der Waals surface area contributed by atoms with Crippen molar-refractivity contribution in [3.63, 3.8) is 0 Å². The second-order valence-electron chi connectivity index (χ2n) is 12.7. The predicted octanol–water partition coefficient (Wildman–Crippen LogP) is 9.43. The van der Waals surface area contributed by atoms with E-state index in [1.807, 2.05) is 12.1 Å². The summed E-state index contributed by atoms with van der Waals surface area (Å²) in [6.07, 6.45) is 20.0. The van der Waals surface area contributed by atoms with Crippen molar-refractivity contribution >= 4 is 11.6 Å². The summed E-state index contributed by atoms with van der Waals surface area (Å²) in [4.78, 5) is 26.2. The molecular weight excluding hydrogens is 476 g/mol. The topological polar surface area (TPSA) is 34.1 Å². The summed E-state index contributed by atoms with van der Waals surface area (Å²) in [5.74, 6) is 2.79. The van der Waals surface area contributed by atoms with Crippen LogP contribution in [0, 0.1) is 23.7 Å². The minimum Gasteiger partial charge on any atom is -0.299 e. The Morgan fingerprint density at radius 1 is 0.846 bits per heavy atom. The zero-order valence-corrected chi connectivity index (χ0v) is 23.2. The van der Waals surface area contributed by atoms with Crippen LogP contribution >= 0.6 is 0 Å². The molecule has 2 aromatic carbocycles. The lowest BCUT2D eigenvalue weighted by molar-refractivity contribution is -0.118. The molecule has 202 valence electrons. The number of hydrogen-bond donors (Lipinski definition) is 0. The third-order valence-corrected chi connectivity index (χ3v) is 10.1. The van der Waals surface area contributed by atoms with Crippen molar-refractivity contribution in [2.45, 2.75) is 83.0 Å². The molecule has 0 heterocycles. The highest BCUT2D eigenvalue weighted by atomic mass is 16.1. The van der Waals surface area contributed by atoms with E-state index in [-0.39, 0.29) is 11.8 Å². The molecular formula is C37H42O2. The molecule has 0 aromatic heterocycles. The predicted molar refractivity (Wildman–Crippen MR) is 160 cm³/mol. The molecule has 2 unspecified atom stereocenters. The fourth-order valence-corrected chi connectivity index (χ4v) is 7.85. The number of ketones is 2. The van der Waals surface area contributed by atoms with Crippen molar-refractivity contribution in [1.82, 2.24) is 0 Å². The second-order valence-corrected chi connectivity index (χ2v) is 12.7. The van der Waals surface area contributed by atoms with Crippen molar-refractivity contribution in [3.8, 4) is 11.1 Å². The molecule has 0 spiro atoms. The molecule has 6 rings (SSSR count). The molecule has 0 amide bonds. The maximum absolute atomic E-state index is 13.2. The van der Waals surface area contributed by atoms with Crippen LogP contribution in [0.3, 0.4) is 0 Å². The van der Waals surface area contributed by atoms with Crippen LogP contribution in [0.2, 0.25) is 0 Å². The molecule has 3 fully saturated rings. The Balaban J connectivity index is 1.07. The highest BCUT2D eigenvalue weighted by Crippen LogP contribution is 2.44. The molecule has 0 radical (unpaired) electrons. The van der Waals surface area contributed by atoms with Gasteiger partial charge in [-0.1, -0.05) is 80.1 Å². The molecule has 4 aliphatic carbocycles. The van der Waals surface area contributed by atoms with Gasteiger partial charge in [-0.2, -0.15) is 0 Å². The Morgan fingerprint density at radius 2 is 1.59 bits per heavy atom. The van der Waals surface area contributed by atoms with Gasteiger partial charge < -0.3 is 0 Å². The van der Waals surface area contributed by atoms with Gasteiger partial charge in [-0.3, -0.25) is 9.59 Å². The van der Waals surface area contributed by atoms with E-state index in [0.29, 0.717) is 23.4 Å². The van der Waals surface area contributed by atoms with Gasteiger partial charge in [-0.05, 0) is 109 Å². The van der Waals surface area contributed by atoms with Crippen molar-refractivity contribution in [2.75, 3.05) is 0 Å². The van der Waals surface area contributed by atoms with Crippen molar-refractivity contribution in [1.29, 1.82) is 0 Å². The van der Waals surface area contributed by atoms with Crippen LogP contribution < -0.4 is 0 Å². The SMILES string of the molecule is C=C(C1=CC=CC1)C1CCC(CC2CC(=O)C(c3cccc(-c4cccc(C(=O)C5CCCC5)c4)c3)C2)CC1. The number of allylic oxidation sites excluding steroid dienone is 5. The Morgan fingerprint density at radius 3 is 2.33 bits per heavy atom. The average molecular weight is 519 g/mol. The van der Waals surface area contributed by atoms with Crippen LogP contribution in [-0.2, 0) is 4.79 Å². The monoisotopic (exact) mass is 518 g/mol. The Bertz CT molecular complexity index is 1300. The molecule has 0 N–H and O–H groups in total. The molecule has 2 nitrogen and oxygen atoms in total. The number of Topliss-reactive ketones (excluding diaryl/α,β-unsaturated/α-hetero) is 2. The first-order valence-corrected chi connectivity index (χ1v) is 15.4. The van der Waals surface area contributed by atoms with Crippen molar-refractivity contribution in [2.24, 2.45) is 23.7 Å². The van der Waals surface area contributed by atoms with Crippen molar-refractivity contribution in [3.05, 3.63) is 95.6 Å². The van der Waals surface area contributed by atoms with Crippen LogP contribution in [0.1, 0.15) is 98.9 Å². The number of rotatable bonds is 8. The summed E-state index contributed by atoms with van der Waals surface area (Å²) in [6, 6.07) is 16.7. The van der Waals surface area contributed by atoms with Crippen LogP contribution in [0.25, 0.3) is 11.1 Å². The molecule has 4 aliphatic rings. The first-order valence-electron chi connectivity index (χ1n) is 15.4. The Labute approximate surface area is 234 Å². The summed E-state index contributed by atoms with van der Waals surface area (Å²) in [7, 11) is 0. The molecule has 0 aliphatic heterocycles. The van der Waals surface area contributed by atoms with Gasteiger partial charge in [-0.25, -0.2) is 0 Å². The van der Waals surface area contributed by atoms with E-state index < -0.39 is 0 Å². The van der Waals surface area contributed by atoms with Gasteiger partial charge >= 0.3 is 0 Å². The highest BCUT2D eigenvalue weighted by molar-refractivity contribution is 5.99. The zero-order chi connectivity index (χ0) is 26.8. The van der Waals surface area contributed by atoms with Gasteiger partial charge in [0.2, 0.25) is 0 Å². The lowest BCUT2D eigenvalue weighted by Crippen LogP contribution is -2.18. The van der Waals surface area contributed by atoms with Crippen LogP contribution in [0.4, 0.5) is 0 Å². The third-order valence-electron chi connectivity index (χ3n) is 10.1. The van der Waals surface area contributed by atoms with Gasteiger partial charge in [0.15, 0.2) is 5.78 Å². The molecule has 0 bridgehead atoms. The fourth-order valence-electron chi connectivity index (χ4n) is 7.85. The maximum Gasteiger partial charge on any atom is 0.165 e. The van der Waals surface area contributed by atoms with Crippen LogP contribution in [-0.4, -0.2) is 11.6 Å². The number of carbonyl (C=O) groups is 2. The highest BCUT2D eigenvalue weighted by Gasteiger charge is 2.36. The lowest BCUT2D eigenvalue weighted by Gasteiger charge is -2.31. The minimum atomic E-state index is 0.0103. The van der Waals surface area contributed by atoms with Gasteiger partial charge in [0.1, 0.15) is 5.78 Å². The van der Waals surface area contributed by atoms with E-state index in [9.17, 15) is 9.59 Å². The maximum atomic E-state index is 13.2. The largest absolute Gasteiger partial charge is 0.299 e. The van der Waals surface area contributed by atoms with Crippen molar-refractivity contribution < 1.29 is 9.59 Å². The van der Waals surface area contributed by atoms with E-state index >= 15 is 0 Å². The number of carbonyl (C=O) groups excluding carboxylic acids is 2. The molecule has 2 heteroatoms. The van der Waals surface area contributed by atoms with E-state index in [0.717, 1.165) is 60.3 Å². The van der Waals surface area contributed by atoms with E-state index in [1.165, 1.54) is 56.1 Å². The van der Waals surface area contributed by atoms with Gasteiger partial charge in [0, 0.05) is 23.8 Å². The summed E-state index contributed by atoms with van der Waals surface area (Å²) in [5.41, 5.74) is 6.95. The summed E-state index contributed by atoms with van der Waals surface area (Å²) >= 11 is 0. The Hall–Kier alpha value is -3.00. The van der Waals surface area contributed by atoms with Gasteiger partial charge in [0.05, 0.1) is 0 Å². The van der Waals surface area contributed by atoms with Crippen LogP contribution in [0.15, 0.2) is 84.5 Å². The van der Waals surface area contributed by atoms with Crippen LogP contribution in [0.5, 0.6) is 0 Å².